The number of nitrogens with one attached hydrogen (secondary N) is 1. The van der Waals surface area contributed by atoms with Crippen LogP contribution in [0.5, 0.6) is 5.75 Å². The highest BCUT2D eigenvalue weighted by molar-refractivity contribution is 6.03. The van der Waals surface area contributed by atoms with E-state index < -0.39 is 0 Å². The summed E-state index contributed by atoms with van der Waals surface area (Å²) in [4.78, 5) is 27.1. The molecule has 5 nitrogen and oxygen atoms in total. The van der Waals surface area contributed by atoms with E-state index >= 15 is 0 Å². The van der Waals surface area contributed by atoms with Crippen molar-refractivity contribution in [3.63, 3.8) is 0 Å². The van der Waals surface area contributed by atoms with Crippen molar-refractivity contribution in [2.45, 2.75) is 53.0 Å². The van der Waals surface area contributed by atoms with Gasteiger partial charge in [-0.1, -0.05) is 26.2 Å². The van der Waals surface area contributed by atoms with Gasteiger partial charge in [0, 0.05) is 29.4 Å². The largest absolute Gasteiger partial charge is 0.504 e. The quantitative estimate of drug-likeness (QED) is 0.549. The number of aromatic nitrogens is 2. The van der Waals surface area contributed by atoms with Crippen LogP contribution in [0.25, 0.3) is 21.8 Å². The average Bonchev–Trinajstić information content (AvgIpc) is 2.55. The molecule has 0 unspecified atom stereocenters. The van der Waals surface area contributed by atoms with Gasteiger partial charge in [-0.3, -0.25) is 9.59 Å². The lowest BCUT2D eigenvalue weighted by Gasteiger charge is -2.15. The average molecular weight is 340 g/mol. The van der Waals surface area contributed by atoms with Crippen LogP contribution in [0.15, 0.2) is 27.8 Å². The third kappa shape index (κ3) is 3.06. The number of nitrogens with zero attached hydrogens (tertiary/aromatic N) is 1. The van der Waals surface area contributed by atoms with Crippen LogP contribution < -0.4 is 11.1 Å². The van der Waals surface area contributed by atoms with Gasteiger partial charge in [-0.05, 0) is 37.5 Å². The molecular formula is C20H24N2O3. The van der Waals surface area contributed by atoms with Gasteiger partial charge in [0.1, 0.15) is 0 Å². The minimum Gasteiger partial charge on any atom is -0.504 e. The van der Waals surface area contributed by atoms with Crippen molar-refractivity contribution in [2.24, 2.45) is 0 Å². The Hall–Kier alpha value is -2.56. The normalized spacial score (nSPS) is 11.5. The number of aromatic hydroxyl groups is 1. The third-order valence-electron chi connectivity index (χ3n) is 4.83. The Labute approximate surface area is 145 Å². The molecule has 0 saturated heterocycles. The van der Waals surface area contributed by atoms with Gasteiger partial charge < -0.3 is 14.7 Å². The number of rotatable bonds is 5. The molecule has 0 aliphatic rings. The van der Waals surface area contributed by atoms with Crippen molar-refractivity contribution in [1.29, 1.82) is 0 Å². The zero-order valence-electron chi connectivity index (χ0n) is 15.0. The molecule has 3 rings (SSSR count). The van der Waals surface area contributed by atoms with Crippen LogP contribution in [-0.2, 0) is 6.54 Å². The summed E-state index contributed by atoms with van der Waals surface area (Å²) in [6.45, 7) is 6.42. The predicted octanol–water partition coefficient (Wildman–Crippen LogP) is 3.75. The van der Waals surface area contributed by atoms with Gasteiger partial charge in [0.2, 0.25) is 5.56 Å². The lowest BCUT2D eigenvalue weighted by atomic mass is 10.0. The Morgan fingerprint density at radius 1 is 1.00 bits per heavy atom. The third-order valence-corrected chi connectivity index (χ3v) is 4.83. The van der Waals surface area contributed by atoms with Crippen LogP contribution >= 0.6 is 0 Å². The van der Waals surface area contributed by atoms with E-state index in [-0.39, 0.29) is 16.9 Å². The maximum atomic E-state index is 12.5. The molecular weight excluding hydrogens is 316 g/mol. The number of H-pyrrole nitrogens is 1. The van der Waals surface area contributed by atoms with Crippen molar-refractivity contribution in [3.8, 4) is 5.75 Å². The monoisotopic (exact) mass is 340 g/mol. The van der Waals surface area contributed by atoms with Gasteiger partial charge in [-0.2, -0.15) is 0 Å². The molecule has 132 valence electrons. The fourth-order valence-corrected chi connectivity index (χ4v) is 3.47. The topological polar surface area (TPSA) is 75.1 Å². The summed E-state index contributed by atoms with van der Waals surface area (Å²) in [6.07, 6.45) is 4.18. The summed E-state index contributed by atoms with van der Waals surface area (Å²) >= 11 is 0. The Morgan fingerprint density at radius 3 is 2.44 bits per heavy atom. The smallest absolute Gasteiger partial charge is 0.251 e. The van der Waals surface area contributed by atoms with Crippen LogP contribution in [0.2, 0.25) is 0 Å². The second kappa shape index (κ2) is 6.75. The van der Waals surface area contributed by atoms with Crippen LogP contribution in [0.4, 0.5) is 0 Å². The van der Waals surface area contributed by atoms with E-state index in [1.54, 1.807) is 10.6 Å². The molecule has 1 aromatic carbocycles. The second-order valence-corrected chi connectivity index (χ2v) is 6.74. The molecule has 2 aromatic heterocycles. The number of hydrogen-bond acceptors (Lipinski definition) is 3. The molecule has 0 bridgehead atoms. The highest BCUT2D eigenvalue weighted by Crippen LogP contribution is 2.34. The van der Waals surface area contributed by atoms with E-state index in [4.69, 9.17) is 0 Å². The summed E-state index contributed by atoms with van der Waals surface area (Å²) in [7, 11) is 0. The number of fused-ring (bicyclic) bond motifs is 2. The Kier molecular flexibility index (Phi) is 4.66. The molecule has 25 heavy (non-hydrogen) atoms. The first kappa shape index (κ1) is 17.3. The molecule has 0 aliphatic heterocycles. The lowest BCUT2D eigenvalue weighted by molar-refractivity contribution is 0.479. The number of aromatic amines is 1. The molecule has 0 radical (unpaired) electrons. The number of pyridine rings is 2. The van der Waals surface area contributed by atoms with Gasteiger partial charge in [0.25, 0.3) is 5.56 Å². The van der Waals surface area contributed by atoms with Gasteiger partial charge in [0.15, 0.2) is 5.75 Å². The number of unbranched alkanes of at least 4 members (excludes halogenated alkanes) is 3. The zero-order valence-corrected chi connectivity index (χ0v) is 15.0. The van der Waals surface area contributed by atoms with Crippen LogP contribution in [0.1, 0.15) is 43.7 Å². The molecule has 5 heteroatoms. The van der Waals surface area contributed by atoms with Crippen molar-refractivity contribution in [1.82, 2.24) is 9.55 Å². The Bertz CT molecular complexity index is 1060. The van der Waals surface area contributed by atoms with Gasteiger partial charge in [-0.25, -0.2) is 0 Å². The first-order valence-corrected chi connectivity index (χ1v) is 8.83. The molecule has 0 fully saturated rings. The van der Waals surface area contributed by atoms with Gasteiger partial charge in [-0.15, -0.1) is 0 Å². The van der Waals surface area contributed by atoms with E-state index in [0.29, 0.717) is 17.6 Å². The van der Waals surface area contributed by atoms with E-state index in [0.717, 1.165) is 47.6 Å². The fraction of sp³-hybridized carbons (Fsp3) is 0.400. The Balaban J connectivity index is 2.31. The van der Waals surface area contributed by atoms with Crippen molar-refractivity contribution >= 4 is 21.8 Å². The van der Waals surface area contributed by atoms with Gasteiger partial charge >= 0.3 is 0 Å². The first-order chi connectivity index (χ1) is 11.9. The van der Waals surface area contributed by atoms with Gasteiger partial charge in [0.05, 0.1) is 11.0 Å². The molecule has 0 spiro atoms. The molecule has 2 N–H and O–H groups in total. The number of aryl methyl sites for hydroxylation is 3. The van der Waals surface area contributed by atoms with Crippen molar-refractivity contribution < 1.29 is 5.11 Å². The molecule has 2 heterocycles. The highest BCUT2D eigenvalue weighted by atomic mass is 16.3. The van der Waals surface area contributed by atoms with E-state index in [1.807, 2.05) is 19.9 Å². The zero-order chi connectivity index (χ0) is 18.1. The maximum absolute atomic E-state index is 12.5. The van der Waals surface area contributed by atoms with Crippen LogP contribution in [0, 0.1) is 13.8 Å². The standard InChI is InChI=1S/C20H24N2O3/c1-4-5-6-7-8-22-17(24)10-13(3)15-11-14-12(2)9-16(23)21-18(14)20(25)19(15)22/h9-11,25H,4-8H2,1-3H3,(H,21,23). The first-order valence-electron chi connectivity index (χ1n) is 8.83. The number of phenolic OH excluding ortho intramolecular Hbond substituents is 1. The molecule has 0 amide bonds. The Morgan fingerprint density at radius 2 is 1.72 bits per heavy atom. The van der Waals surface area contributed by atoms with Crippen molar-refractivity contribution in [2.75, 3.05) is 0 Å². The summed E-state index contributed by atoms with van der Waals surface area (Å²) < 4.78 is 1.63. The van der Waals surface area contributed by atoms with E-state index in [1.165, 1.54) is 6.07 Å². The summed E-state index contributed by atoms with van der Waals surface area (Å²) in [5.74, 6) is -0.0235. The summed E-state index contributed by atoms with van der Waals surface area (Å²) in [6, 6.07) is 5.09. The highest BCUT2D eigenvalue weighted by Gasteiger charge is 2.15. The number of benzene rings is 1. The minimum absolute atomic E-state index is 0.0235. The fourth-order valence-electron chi connectivity index (χ4n) is 3.47. The molecule has 3 aromatic rings. The second-order valence-electron chi connectivity index (χ2n) is 6.74. The van der Waals surface area contributed by atoms with E-state index in [9.17, 15) is 14.7 Å². The van der Waals surface area contributed by atoms with Crippen molar-refractivity contribution in [3.05, 3.63) is 50.0 Å². The lowest BCUT2D eigenvalue weighted by Crippen LogP contribution is -2.21. The van der Waals surface area contributed by atoms with Crippen LogP contribution in [0.3, 0.4) is 0 Å². The number of phenols is 1. The van der Waals surface area contributed by atoms with Crippen LogP contribution in [-0.4, -0.2) is 14.7 Å². The molecule has 0 saturated carbocycles. The molecule has 0 aliphatic carbocycles. The predicted molar refractivity (Wildman–Crippen MR) is 102 cm³/mol. The maximum Gasteiger partial charge on any atom is 0.251 e. The summed E-state index contributed by atoms with van der Waals surface area (Å²) in [5, 5.41) is 12.5. The SMILES string of the molecule is CCCCCCn1c(=O)cc(C)c2cc3c(C)cc(=O)[nH]c3c(O)c21. The van der Waals surface area contributed by atoms with E-state index in [2.05, 4.69) is 11.9 Å². The minimum atomic E-state index is -0.260. The summed E-state index contributed by atoms with van der Waals surface area (Å²) in [5.41, 5.74) is 2.15. The molecule has 0 atom stereocenters. The number of hydrogen-bond donors (Lipinski definition) is 2.